The van der Waals surface area contributed by atoms with Gasteiger partial charge in [-0.1, -0.05) is 6.07 Å². The lowest BCUT2D eigenvalue weighted by molar-refractivity contribution is -0.121. The van der Waals surface area contributed by atoms with Gasteiger partial charge in [-0.15, -0.1) is 0 Å². The minimum absolute atomic E-state index is 0.00638. The molecule has 25 heavy (non-hydrogen) atoms. The molecule has 1 N–H and O–H groups in total. The number of ether oxygens (including phenoxy) is 2. The lowest BCUT2D eigenvalue weighted by Crippen LogP contribution is -2.24. The van der Waals surface area contributed by atoms with Gasteiger partial charge in [0.1, 0.15) is 17.3 Å². The molecular formula is C19H25N3O3. The molecule has 1 aromatic carbocycles. The number of benzene rings is 1. The van der Waals surface area contributed by atoms with E-state index in [9.17, 15) is 4.79 Å². The average Bonchev–Trinajstić information content (AvgIpc) is 2.64. The van der Waals surface area contributed by atoms with Crippen molar-refractivity contribution in [3.8, 4) is 11.5 Å². The summed E-state index contributed by atoms with van der Waals surface area (Å²) in [5.41, 5.74) is 0.996. The van der Waals surface area contributed by atoms with E-state index in [1.807, 2.05) is 55.4 Å². The molecule has 134 valence electrons. The lowest BCUT2D eigenvalue weighted by Gasteiger charge is -2.16. The summed E-state index contributed by atoms with van der Waals surface area (Å²) in [7, 11) is 5.50. The number of hydrogen-bond donors (Lipinski definition) is 1. The van der Waals surface area contributed by atoms with E-state index < -0.39 is 0 Å². The summed E-state index contributed by atoms with van der Waals surface area (Å²) < 4.78 is 10.7. The minimum atomic E-state index is 0.00638. The number of carbonyl (C=O) groups is 1. The maximum Gasteiger partial charge on any atom is 0.220 e. The summed E-state index contributed by atoms with van der Waals surface area (Å²) in [6.07, 6.45) is 2.83. The first-order valence-corrected chi connectivity index (χ1v) is 8.25. The van der Waals surface area contributed by atoms with Gasteiger partial charge < -0.3 is 19.7 Å². The van der Waals surface area contributed by atoms with Crippen LogP contribution in [0.25, 0.3) is 0 Å². The molecule has 2 aromatic rings. The maximum absolute atomic E-state index is 12.0. The SMILES string of the molecule is COc1ccc(OCCCC(=O)NCc2cccnc2N(C)C)cc1. The third kappa shape index (κ3) is 5.99. The van der Waals surface area contributed by atoms with Gasteiger partial charge in [0.25, 0.3) is 0 Å². The second kappa shape index (κ2) is 9.52. The van der Waals surface area contributed by atoms with Gasteiger partial charge in [0.15, 0.2) is 0 Å². The van der Waals surface area contributed by atoms with Gasteiger partial charge in [-0.2, -0.15) is 0 Å². The van der Waals surface area contributed by atoms with E-state index in [1.165, 1.54) is 0 Å². The van der Waals surface area contributed by atoms with Crippen LogP contribution in [0, 0.1) is 0 Å². The number of rotatable bonds is 9. The van der Waals surface area contributed by atoms with Crippen molar-refractivity contribution in [2.45, 2.75) is 19.4 Å². The summed E-state index contributed by atoms with van der Waals surface area (Å²) in [6, 6.07) is 11.2. The van der Waals surface area contributed by atoms with Crippen LogP contribution < -0.4 is 19.7 Å². The molecule has 0 spiro atoms. The van der Waals surface area contributed by atoms with Gasteiger partial charge in [-0.25, -0.2) is 4.98 Å². The summed E-state index contributed by atoms with van der Waals surface area (Å²) in [5, 5.41) is 2.93. The number of methoxy groups -OCH3 is 1. The Balaban J connectivity index is 1.69. The van der Waals surface area contributed by atoms with Gasteiger partial charge in [-0.05, 0) is 36.8 Å². The Hall–Kier alpha value is -2.76. The highest BCUT2D eigenvalue weighted by Crippen LogP contribution is 2.17. The molecule has 6 nitrogen and oxygen atoms in total. The predicted octanol–water partition coefficient (Wildman–Crippen LogP) is 2.63. The topological polar surface area (TPSA) is 63.7 Å². The van der Waals surface area contributed by atoms with Crippen LogP contribution in [0.5, 0.6) is 11.5 Å². The van der Waals surface area contributed by atoms with E-state index in [0.717, 1.165) is 22.9 Å². The molecule has 0 radical (unpaired) electrons. The molecule has 0 atom stereocenters. The summed E-state index contributed by atoms with van der Waals surface area (Å²) in [5.74, 6) is 2.43. The van der Waals surface area contributed by atoms with E-state index in [-0.39, 0.29) is 5.91 Å². The molecule has 0 aliphatic heterocycles. The van der Waals surface area contributed by atoms with Crippen LogP contribution in [0.1, 0.15) is 18.4 Å². The van der Waals surface area contributed by atoms with Crippen LogP contribution in [0.3, 0.4) is 0 Å². The minimum Gasteiger partial charge on any atom is -0.497 e. The van der Waals surface area contributed by atoms with Crippen LogP contribution >= 0.6 is 0 Å². The third-order valence-corrected chi connectivity index (χ3v) is 3.64. The van der Waals surface area contributed by atoms with Gasteiger partial charge in [0.2, 0.25) is 5.91 Å². The van der Waals surface area contributed by atoms with Crippen LogP contribution in [-0.2, 0) is 11.3 Å². The van der Waals surface area contributed by atoms with Crippen molar-refractivity contribution in [2.24, 2.45) is 0 Å². The summed E-state index contributed by atoms with van der Waals surface area (Å²) in [6.45, 7) is 0.967. The zero-order valence-corrected chi connectivity index (χ0v) is 15.0. The number of aromatic nitrogens is 1. The molecule has 0 aliphatic carbocycles. The number of hydrogen-bond acceptors (Lipinski definition) is 5. The van der Waals surface area contributed by atoms with Gasteiger partial charge in [0.05, 0.1) is 13.7 Å². The zero-order chi connectivity index (χ0) is 18.1. The molecule has 2 rings (SSSR count). The van der Waals surface area contributed by atoms with Crippen LogP contribution in [0.15, 0.2) is 42.6 Å². The van der Waals surface area contributed by atoms with Crippen LogP contribution in [0.2, 0.25) is 0 Å². The Morgan fingerprint density at radius 1 is 1.16 bits per heavy atom. The monoisotopic (exact) mass is 343 g/mol. The quantitative estimate of drug-likeness (QED) is 0.709. The van der Waals surface area contributed by atoms with Crippen LogP contribution in [0.4, 0.5) is 5.82 Å². The highest BCUT2D eigenvalue weighted by atomic mass is 16.5. The molecule has 0 fully saturated rings. The first kappa shape index (κ1) is 18.6. The van der Waals surface area contributed by atoms with Gasteiger partial charge in [0, 0.05) is 38.8 Å². The fourth-order valence-electron chi connectivity index (χ4n) is 2.35. The number of carbonyl (C=O) groups excluding carboxylic acids is 1. The molecular weight excluding hydrogens is 318 g/mol. The number of pyridine rings is 1. The van der Waals surface area contributed by atoms with Crippen molar-refractivity contribution in [3.05, 3.63) is 48.2 Å². The smallest absolute Gasteiger partial charge is 0.220 e. The predicted molar refractivity (Wildman–Crippen MR) is 98.1 cm³/mol. The Labute approximate surface area is 148 Å². The zero-order valence-electron chi connectivity index (χ0n) is 15.0. The summed E-state index contributed by atoms with van der Waals surface area (Å²) in [4.78, 5) is 18.2. The first-order valence-electron chi connectivity index (χ1n) is 8.25. The van der Waals surface area contributed by atoms with Gasteiger partial charge >= 0.3 is 0 Å². The van der Waals surface area contributed by atoms with E-state index in [2.05, 4.69) is 10.3 Å². The molecule has 1 heterocycles. The standard InChI is InChI=1S/C19H25N3O3/c1-22(2)19-15(6-4-12-20-19)14-21-18(23)7-5-13-25-17-10-8-16(24-3)9-11-17/h4,6,8-12H,5,7,13-14H2,1-3H3,(H,21,23). The maximum atomic E-state index is 12.0. The number of amides is 1. The normalized spacial score (nSPS) is 10.2. The van der Waals surface area contributed by atoms with Gasteiger partial charge in [-0.3, -0.25) is 4.79 Å². The molecule has 0 saturated heterocycles. The van der Waals surface area contributed by atoms with Crippen molar-refractivity contribution < 1.29 is 14.3 Å². The van der Waals surface area contributed by atoms with Crippen molar-refractivity contribution in [1.29, 1.82) is 0 Å². The van der Waals surface area contributed by atoms with Crippen molar-refractivity contribution in [1.82, 2.24) is 10.3 Å². The second-order valence-electron chi connectivity index (χ2n) is 5.78. The third-order valence-electron chi connectivity index (χ3n) is 3.64. The van der Waals surface area contributed by atoms with Crippen LogP contribution in [-0.4, -0.2) is 38.7 Å². The van der Waals surface area contributed by atoms with E-state index in [4.69, 9.17) is 9.47 Å². The van der Waals surface area contributed by atoms with E-state index in [0.29, 0.717) is 26.0 Å². The number of nitrogens with zero attached hydrogens (tertiary/aromatic N) is 2. The fourth-order valence-corrected chi connectivity index (χ4v) is 2.35. The molecule has 0 unspecified atom stereocenters. The Morgan fingerprint density at radius 3 is 2.56 bits per heavy atom. The molecule has 1 aromatic heterocycles. The van der Waals surface area contributed by atoms with Crippen molar-refractivity contribution in [2.75, 3.05) is 32.7 Å². The Bertz CT molecular complexity index is 672. The fraction of sp³-hybridized carbons (Fsp3) is 0.368. The van der Waals surface area contributed by atoms with E-state index >= 15 is 0 Å². The molecule has 0 bridgehead atoms. The first-order chi connectivity index (χ1) is 12.1. The second-order valence-corrected chi connectivity index (χ2v) is 5.78. The largest absolute Gasteiger partial charge is 0.497 e. The summed E-state index contributed by atoms with van der Waals surface area (Å²) >= 11 is 0. The average molecular weight is 343 g/mol. The molecule has 6 heteroatoms. The van der Waals surface area contributed by atoms with E-state index in [1.54, 1.807) is 13.3 Å². The Kier molecular flexibility index (Phi) is 7.07. The number of nitrogens with one attached hydrogen (secondary N) is 1. The molecule has 0 aliphatic rings. The molecule has 0 saturated carbocycles. The number of anilines is 1. The van der Waals surface area contributed by atoms with Crippen molar-refractivity contribution >= 4 is 11.7 Å². The highest BCUT2D eigenvalue weighted by molar-refractivity contribution is 5.76. The van der Waals surface area contributed by atoms with Crippen molar-refractivity contribution in [3.63, 3.8) is 0 Å². The lowest BCUT2D eigenvalue weighted by atomic mass is 10.2. The molecule has 1 amide bonds. The highest BCUT2D eigenvalue weighted by Gasteiger charge is 2.07. The Morgan fingerprint density at radius 2 is 1.88 bits per heavy atom.